The number of hydrogen-bond acceptors (Lipinski definition) is 2. The summed E-state index contributed by atoms with van der Waals surface area (Å²) in [6.45, 7) is 8.43. The smallest absolute Gasteiger partial charge is 0.0821 e. The lowest BCUT2D eigenvalue weighted by molar-refractivity contribution is -0.156. The molecule has 1 N–H and O–H groups in total. The Morgan fingerprint density at radius 1 is 1.55 bits per heavy atom. The molecular weight excluding hydrogens is 140 g/mol. The molecule has 0 aromatic heterocycles. The van der Waals surface area contributed by atoms with Gasteiger partial charge in [0.05, 0.1) is 24.7 Å². The summed E-state index contributed by atoms with van der Waals surface area (Å²) in [4.78, 5) is 0. The minimum atomic E-state index is -0.464. The Labute approximate surface area is 67.2 Å². The lowest BCUT2D eigenvalue weighted by Gasteiger charge is -2.43. The largest absolute Gasteiger partial charge is 0.388 e. The highest BCUT2D eigenvalue weighted by Gasteiger charge is 2.42. The average molecular weight is 154 g/mol. The van der Waals surface area contributed by atoms with Gasteiger partial charge in [0, 0.05) is 0 Å². The molecule has 0 radical (unpaired) electrons. The van der Waals surface area contributed by atoms with E-state index in [-0.39, 0.29) is 5.41 Å². The molecule has 0 aliphatic carbocycles. The molecular formula is C9H14O2. The minimum Gasteiger partial charge on any atom is -0.388 e. The van der Waals surface area contributed by atoms with Crippen LogP contribution in [-0.4, -0.2) is 24.4 Å². The van der Waals surface area contributed by atoms with Crippen molar-refractivity contribution in [3.63, 3.8) is 0 Å². The molecule has 1 unspecified atom stereocenters. The molecule has 62 valence electrons. The average Bonchev–Trinajstić information content (AvgIpc) is 1.95. The topological polar surface area (TPSA) is 29.5 Å². The van der Waals surface area contributed by atoms with Gasteiger partial charge in [-0.3, -0.25) is 0 Å². The number of aliphatic hydroxyl groups is 1. The standard InChI is InChI=1S/C9H14O2/c1-3-5-9(6-11-7-9)8(10)4-2/h3-4,8,10H,1-2,5-7H2. The quantitative estimate of drug-likeness (QED) is 0.615. The summed E-state index contributed by atoms with van der Waals surface area (Å²) in [7, 11) is 0. The van der Waals surface area contributed by atoms with E-state index in [4.69, 9.17) is 4.74 Å². The molecule has 0 amide bonds. The SMILES string of the molecule is C=CCC1(C(O)C=C)COC1. The maximum absolute atomic E-state index is 9.51. The fourth-order valence-corrected chi connectivity index (χ4v) is 1.31. The molecule has 1 aliphatic heterocycles. The Hall–Kier alpha value is -0.600. The lowest BCUT2D eigenvalue weighted by atomic mass is 9.77. The maximum Gasteiger partial charge on any atom is 0.0821 e. The van der Waals surface area contributed by atoms with Crippen LogP contribution in [0.4, 0.5) is 0 Å². The monoisotopic (exact) mass is 154 g/mol. The predicted octanol–water partition coefficient (Wildman–Crippen LogP) is 1.13. The molecule has 11 heavy (non-hydrogen) atoms. The van der Waals surface area contributed by atoms with E-state index in [0.29, 0.717) is 13.2 Å². The van der Waals surface area contributed by atoms with Gasteiger partial charge in [0.2, 0.25) is 0 Å². The highest BCUT2D eigenvalue weighted by Crippen LogP contribution is 2.35. The second-order valence-electron chi connectivity index (χ2n) is 3.03. The first-order chi connectivity index (χ1) is 5.25. The van der Waals surface area contributed by atoms with Crippen molar-refractivity contribution in [1.29, 1.82) is 0 Å². The molecule has 0 aromatic carbocycles. The zero-order chi connectivity index (χ0) is 8.32. The highest BCUT2D eigenvalue weighted by atomic mass is 16.5. The third-order valence-corrected chi connectivity index (χ3v) is 2.18. The Balaban J connectivity index is 2.58. The number of ether oxygens (including phenoxy) is 1. The third kappa shape index (κ3) is 1.37. The van der Waals surface area contributed by atoms with Crippen molar-refractivity contribution >= 4 is 0 Å². The van der Waals surface area contributed by atoms with Crippen LogP contribution in [0.3, 0.4) is 0 Å². The Bertz CT molecular complexity index is 159. The minimum absolute atomic E-state index is 0.122. The number of hydrogen-bond donors (Lipinski definition) is 1. The summed E-state index contributed by atoms with van der Waals surface area (Å²) in [6.07, 6.45) is 3.70. The molecule has 0 spiro atoms. The van der Waals surface area contributed by atoms with Crippen molar-refractivity contribution in [1.82, 2.24) is 0 Å². The van der Waals surface area contributed by atoms with Crippen molar-refractivity contribution in [2.45, 2.75) is 12.5 Å². The molecule has 0 saturated carbocycles. The summed E-state index contributed by atoms with van der Waals surface area (Å²) in [6, 6.07) is 0. The van der Waals surface area contributed by atoms with Crippen LogP contribution < -0.4 is 0 Å². The predicted molar refractivity (Wildman–Crippen MR) is 44.3 cm³/mol. The summed E-state index contributed by atoms with van der Waals surface area (Å²) < 4.78 is 5.06. The fraction of sp³-hybridized carbons (Fsp3) is 0.556. The van der Waals surface area contributed by atoms with E-state index < -0.39 is 6.10 Å². The zero-order valence-corrected chi connectivity index (χ0v) is 6.62. The van der Waals surface area contributed by atoms with Crippen molar-refractivity contribution in [3.8, 4) is 0 Å². The second kappa shape index (κ2) is 3.20. The summed E-state index contributed by atoms with van der Waals surface area (Å²) in [5.74, 6) is 0. The lowest BCUT2D eigenvalue weighted by Crippen LogP contribution is -2.50. The van der Waals surface area contributed by atoms with E-state index in [0.717, 1.165) is 6.42 Å². The van der Waals surface area contributed by atoms with Crippen LogP contribution in [0.1, 0.15) is 6.42 Å². The van der Waals surface area contributed by atoms with Gasteiger partial charge in [-0.05, 0) is 6.42 Å². The zero-order valence-electron chi connectivity index (χ0n) is 6.62. The molecule has 1 aliphatic rings. The first kappa shape index (κ1) is 8.50. The second-order valence-corrected chi connectivity index (χ2v) is 3.03. The van der Waals surface area contributed by atoms with Crippen LogP contribution in [0.15, 0.2) is 25.3 Å². The van der Waals surface area contributed by atoms with E-state index in [1.807, 2.05) is 6.08 Å². The summed E-state index contributed by atoms with van der Waals surface area (Å²) in [5, 5.41) is 9.51. The molecule has 1 heterocycles. The Morgan fingerprint density at radius 3 is 2.45 bits per heavy atom. The van der Waals surface area contributed by atoms with Crippen molar-refractivity contribution in [3.05, 3.63) is 25.3 Å². The molecule has 1 atom stereocenters. The van der Waals surface area contributed by atoms with Crippen LogP contribution in [0.2, 0.25) is 0 Å². The van der Waals surface area contributed by atoms with Crippen LogP contribution in [0, 0.1) is 5.41 Å². The van der Waals surface area contributed by atoms with Crippen molar-refractivity contribution in [2.24, 2.45) is 5.41 Å². The van der Waals surface area contributed by atoms with Gasteiger partial charge in [-0.25, -0.2) is 0 Å². The van der Waals surface area contributed by atoms with E-state index in [9.17, 15) is 5.11 Å². The Morgan fingerprint density at radius 2 is 2.18 bits per heavy atom. The molecule has 1 saturated heterocycles. The van der Waals surface area contributed by atoms with E-state index in [1.165, 1.54) is 0 Å². The third-order valence-electron chi connectivity index (χ3n) is 2.18. The van der Waals surface area contributed by atoms with E-state index in [1.54, 1.807) is 6.08 Å². The van der Waals surface area contributed by atoms with E-state index >= 15 is 0 Å². The first-order valence-corrected chi connectivity index (χ1v) is 3.74. The summed E-state index contributed by atoms with van der Waals surface area (Å²) >= 11 is 0. The van der Waals surface area contributed by atoms with Crippen LogP contribution in [0.25, 0.3) is 0 Å². The van der Waals surface area contributed by atoms with Crippen LogP contribution >= 0.6 is 0 Å². The normalized spacial score (nSPS) is 23.4. The van der Waals surface area contributed by atoms with Gasteiger partial charge in [-0.2, -0.15) is 0 Å². The Kier molecular flexibility index (Phi) is 2.47. The van der Waals surface area contributed by atoms with Gasteiger partial charge in [0.15, 0.2) is 0 Å². The van der Waals surface area contributed by atoms with E-state index in [2.05, 4.69) is 13.2 Å². The van der Waals surface area contributed by atoms with Crippen molar-refractivity contribution < 1.29 is 9.84 Å². The van der Waals surface area contributed by atoms with Gasteiger partial charge < -0.3 is 9.84 Å². The van der Waals surface area contributed by atoms with Crippen molar-refractivity contribution in [2.75, 3.05) is 13.2 Å². The van der Waals surface area contributed by atoms with Gasteiger partial charge in [-0.1, -0.05) is 12.2 Å². The highest BCUT2D eigenvalue weighted by molar-refractivity contribution is 5.02. The molecule has 1 rings (SSSR count). The molecule has 2 nitrogen and oxygen atoms in total. The first-order valence-electron chi connectivity index (χ1n) is 3.74. The number of rotatable bonds is 4. The van der Waals surface area contributed by atoms with Gasteiger partial charge in [0.1, 0.15) is 0 Å². The van der Waals surface area contributed by atoms with Crippen LogP contribution in [-0.2, 0) is 4.74 Å². The summed E-state index contributed by atoms with van der Waals surface area (Å²) in [5.41, 5.74) is -0.122. The fourth-order valence-electron chi connectivity index (χ4n) is 1.31. The molecule has 1 fully saturated rings. The molecule has 0 bridgehead atoms. The molecule has 0 aromatic rings. The number of aliphatic hydroxyl groups excluding tert-OH is 1. The maximum atomic E-state index is 9.51. The van der Waals surface area contributed by atoms with Crippen LogP contribution in [0.5, 0.6) is 0 Å². The molecule has 2 heteroatoms. The van der Waals surface area contributed by atoms with Gasteiger partial charge in [0.25, 0.3) is 0 Å². The van der Waals surface area contributed by atoms with Gasteiger partial charge in [-0.15, -0.1) is 13.2 Å². The number of allylic oxidation sites excluding steroid dienone is 1. The van der Waals surface area contributed by atoms with Gasteiger partial charge >= 0.3 is 0 Å².